The highest BCUT2D eigenvalue weighted by Crippen LogP contribution is 2.25. The van der Waals surface area contributed by atoms with Crippen LogP contribution in [-0.2, 0) is 19.1 Å². The van der Waals surface area contributed by atoms with Gasteiger partial charge in [-0.15, -0.1) is 0 Å². The maximum atomic E-state index is 12.3. The fraction of sp³-hybridized carbons (Fsp3) is 0.500. The van der Waals surface area contributed by atoms with Gasteiger partial charge in [-0.1, -0.05) is 6.07 Å². The van der Waals surface area contributed by atoms with E-state index in [0.29, 0.717) is 37.7 Å². The van der Waals surface area contributed by atoms with Gasteiger partial charge < -0.3 is 24.4 Å². The molecule has 1 N–H and O–H groups in total. The standard InChI is InChI=1S/C16H24N2O5/c1-12-5-6-14(23-4)13(11-12)17-15(19)16(20)18(7-9-21-2)8-10-22-3/h5-6,11H,7-10H2,1-4H3,(H,17,19). The van der Waals surface area contributed by atoms with E-state index in [4.69, 9.17) is 14.2 Å². The van der Waals surface area contributed by atoms with Crippen molar-refractivity contribution in [2.24, 2.45) is 0 Å². The van der Waals surface area contributed by atoms with E-state index in [0.717, 1.165) is 5.56 Å². The summed E-state index contributed by atoms with van der Waals surface area (Å²) in [4.78, 5) is 25.9. The molecule has 2 amide bonds. The van der Waals surface area contributed by atoms with E-state index in [1.165, 1.54) is 26.2 Å². The van der Waals surface area contributed by atoms with Crippen LogP contribution in [0.2, 0.25) is 0 Å². The highest BCUT2D eigenvalue weighted by molar-refractivity contribution is 6.39. The average molecular weight is 324 g/mol. The molecule has 0 spiro atoms. The monoisotopic (exact) mass is 324 g/mol. The molecular weight excluding hydrogens is 300 g/mol. The van der Waals surface area contributed by atoms with Gasteiger partial charge in [0, 0.05) is 27.3 Å². The van der Waals surface area contributed by atoms with E-state index in [2.05, 4.69) is 5.32 Å². The minimum atomic E-state index is -0.721. The Kier molecular flexibility index (Phi) is 8.07. The number of nitrogens with zero attached hydrogens (tertiary/aromatic N) is 1. The van der Waals surface area contributed by atoms with Crippen molar-refractivity contribution in [2.45, 2.75) is 6.92 Å². The molecule has 0 aromatic heterocycles. The molecule has 0 aliphatic rings. The van der Waals surface area contributed by atoms with Gasteiger partial charge >= 0.3 is 11.8 Å². The van der Waals surface area contributed by atoms with Crippen LogP contribution in [0.15, 0.2) is 18.2 Å². The Labute approximate surface area is 136 Å². The van der Waals surface area contributed by atoms with Crippen molar-refractivity contribution >= 4 is 17.5 Å². The number of carbonyl (C=O) groups is 2. The predicted octanol–water partition coefficient (Wildman–Crippen LogP) is 1.06. The number of carbonyl (C=O) groups excluding carboxylic acids is 2. The van der Waals surface area contributed by atoms with Gasteiger partial charge in [-0.3, -0.25) is 9.59 Å². The molecule has 0 radical (unpaired) electrons. The molecule has 0 aliphatic carbocycles. The van der Waals surface area contributed by atoms with Gasteiger partial charge in [0.2, 0.25) is 0 Å². The Balaban J connectivity index is 2.81. The molecule has 0 unspecified atom stereocenters. The van der Waals surface area contributed by atoms with E-state index < -0.39 is 11.8 Å². The van der Waals surface area contributed by atoms with Crippen LogP contribution in [0.5, 0.6) is 5.75 Å². The van der Waals surface area contributed by atoms with Gasteiger partial charge in [-0.2, -0.15) is 0 Å². The van der Waals surface area contributed by atoms with Crippen molar-refractivity contribution in [2.75, 3.05) is 52.9 Å². The van der Waals surface area contributed by atoms with E-state index in [9.17, 15) is 9.59 Å². The first-order valence-electron chi connectivity index (χ1n) is 7.26. The molecule has 1 rings (SSSR count). The molecule has 7 heteroatoms. The second kappa shape index (κ2) is 9.81. The van der Waals surface area contributed by atoms with Crippen LogP contribution in [0.4, 0.5) is 5.69 Å². The van der Waals surface area contributed by atoms with Crippen LogP contribution >= 0.6 is 0 Å². The lowest BCUT2D eigenvalue weighted by molar-refractivity contribution is -0.144. The molecule has 7 nitrogen and oxygen atoms in total. The molecule has 0 saturated heterocycles. The Morgan fingerprint density at radius 1 is 1.09 bits per heavy atom. The molecule has 0 fully saturated rings. The van der Waals surface area contributed by atoms with Crippen LogP contribution in [0.25, 0.3) is 0 Å². The minimum absolute atomic E-state index is 0.317. The fourth-order valence-corrected chi connectivity index (χ4v) is 1.96. The third-order valence-corrected chi connectivity index (χ3v) is 3.22. The minimum Gasteiger partial charge on any atom is -0.495 e. The summed E-state index contributed by atoms with van der Waals surface area (Å²) in [5, 5.41) is 2.60. The molecule has 1 aromatic rings. The summed E-state index contributed by atoms with van der Waals surface area (Å²) < 4.78 is 15.1. The maximum Gasteiger partial charge on any atom is 0.314 e. The highest BCUT2D eigenvalue weighted by atomic mass is 16.5. The number of rotatable bonds is 8. The molecule has 1 aromatic carbocycles. The van der Waals surface area contributed by atoms with Gasteiger partial charge in [0.1, 0.15) is 5.75 Å². The summed E-state index contributed by atoms with van der Waals surface area (Å²) in [6, 6.07) is 5.35. The number of amides is 2. The van der Waals surface area contributed by atoms with Crippen LogP contribution in [0.3, 0.4) is 0 Å². The normalized spacial score (nSPS) is 10.3. The third kappa shape index (κ3) is 5.88. The van der Waals surface area contributed by atoms with E-state index in [1.807, 2.05) is 13.0 Å². The molecule has 23 heavy (non-hydrogen) atoms. The van der Waals surface area contributed by atoms with Gasteiger partial charge in [0.05, 0.1) is 26.0 Å². The average Bonchev–Trinajstić information content (AvgIpc) is 2.54. The molecule has 0 bridgehead atoms. The van der Waals surface area contributed by atoms with E-state index in [1.54, 1.807) is 12.1 Å². The molecule has 0 heterocycles. The van der Waals surface area contributed by atoms with Gasteiger partial charge in [-0.25, -0.2) is 0 Å². The number of aryl methyl sites for hydroxylation is 1. The van der Waals surface area contributed by atoms with Crippen molar-refractivity contribution in [1.82, 2.24) is 4.90 Å². The van der Waals surface area contributed by atoms with Crippen molar-refractivity contribution in [3.8, 4) is 5.75 Å². The number of ether oxygens (including phenoxy) is 3. The van der Waals surface area contributed by atoms with Crippen molar-refractivity contribution < 1.29 is 23.8 Å². The number of nitrogens with one attached hydrogen (secondary N) is 1. The lowest BCUT2D eigenvalue weighted by Gasteiger charge is -2.21. The second-order valence-electron chi connectivity index (χ2n) is 4.94. The number of hydrogen-bond donors (Lipinski definition) is 1. The first-order valence-corrected chi connectivity index (χ1v) is 7.26. The molecular formula is C16H24N2O5. The van der Waals surface area contributed by atoms with Gasteiger partial charge in [-0.05, 0) is 24.6 Å². The van der Waals surface area contributed by atoms with Gasteiger partial charge in [0.15, 0.2) is 0 Å². The molecule has 0 saturated carbocycles. The zero-order valence-corrected chi connectivity index (χ0v) is 14.0. The molecule has 0 aliphatic heterocycles. The fourth-order valence-electron chi connectivity index (χ4n) is 1.96. The lowest BCUT2D eigenvalue weighted by atomic mass is 10.2. The largest absolute Gasteiger partial charge is 0.495 e. The first-order chi connectivity index (χ1) is 11.0. The van der Waals surface area contributed by atoms with Crippen molar-refractivity contribution in [3.63, 3.8) is 0 Å². The summed E-state index contributed by atoms with van der Waals surface area (Å²) in [6.07, 6.45) is 0. The topological polar surface area (TPSA) is 77.1 Å². The summed E-state index contributed by atoms with van der Waals surface area (Å²) >= 11 is 0. The Morgan fingerprint density at radius 3 is 2.22 bits per heavy atom. The van der Waals surface area contributed by atoms with Crippen LogP contribution in [-0.4, -0.2) is 64.3 Å². The number of anilines is 1. The molecule has 128 valence electrons. The van der Waals surface area contributed by atoms with E-state index >= 15 is 0 Å². The highest BCUT2D eigenvalue weighted by Gasteiger charge is 2.22. The van der Waals surface area contributed by atoms with Crippen molar-refractivity contribution in [3.05, 3.63) is 23.8 Å². The van der Waals surface area contributed by atoms with Crippen LogP contribution in [0, 0.1) is 6.92 Å². The Bertz CT molecular complexity index is 525. The molecule has 0 atom stereocenters. The van der Waals surface area contributed by atoms with Crippen molar-refractivity contribution in [1.29, 1.82) is 0 Å². The summed E-state index contributed by atoms with van der Waals surface area (Å²) in [6.45, 7) is 3.21. The zero-order valence-electron chi connectivity index (χ0n) is 14.0. The summed E-state index contributed by atoms with van der Waals surface area (Å²) in [5.41, 5.74) is 1.41. The Hall–Kier alpha value is -2.12. The van der Waals surface area contributed by atoms with Crippen LogP contribution < -0.4 is 10.1 Å². The smallest absolute Gasteiger partial charge is 0.314 e. The van der Waals surface area contributed by atoms with Crippen LogP contribution in [0.1, 0.15) is 5.56 Å². The number of benzene rings is 1. The third-order valence-electron chi connectivity index (χ3n) is 3.22. The zero-order chi connectivity index (χ0) is 17.2. The Morgan fingerprint density at radius 2 is 1.70 bits per heavy atom. The van der Waals surface area contributed by atoms with Gasteiger partial charge in [0.25, 0.3) is 0 Å². The predicted molar refractivity (Wildman–Crippen MR) is 86.7 cm³/mol. The summed E-state index contributed by atoms with van der Waals surface area (Å²) in [7, 11) is 4.58. The van der Waals surface area contributed by atoms with E-state index in [-0.39, 0.29) is 0 Å². The lowest BCUT2D eigenvalue weighted by Crippen LogP contribution is -2.43. The first kappa shape index (κ1) is 18.9. The summed E-state index contributed by atoms with van der Waals surface area (Å²) in [5.74, 6) is -0.860. The maximum absolute atomic E-state index is 12.3. The second-order valence-corrected chi connectivity index (χ2v) is 4.94. The number of hydrogen-bond acceptors (Lipinski definition) is 5. The number of methoxy groups -OCH3 is 3. The SMILES string of the molecule is COCCN(CCOC)C(=O)C(=O)Nc1cc(C)ccc1OC. The quantitative estimate of drug-likeness (QED) is 0.724.